The molecule has 0 bridgehead atoms. The van der Waals surface area contributed by atoms with Crippen LogP contribution in [0.5, 0.6) is 5.75 Å². The summed E-state index contributed by atoms with van der Waals surface area (Å²) in [6.07, 6.45) is 3.18. The van der Waals surface area contributed by atoms with Crippen molar-refractivity contribution in [1.82, 2.24) is 4.31 Å². The van der Waals surface area contributed by atoms with Crippen molar-refractivity contribution in [2.45, 2.75) is 30.3 Å². The van der Waals surface area contributed by atoms with Crippen molar-refractivity contribution in [1.29, 1.82) is 0 Å². The van der Waals surface area contributed by atoms with E-state index in [-0.39, 0.29) is 11.0 Å². The third kappa shape index (κ3) is 3.40. The summed E-state index contributed by atoms with van der Waals surface area (Å²) in [4.78, 5) is 0.116. The molecule has 1 aliphatic carbocycles. The first-order valence-corrected chi connectivity index (χ1v) is 9.28. The van der Waals surface area contributed by atoms with E-state index in [0.717, 1.165) is 13.0 Å². The van der Waals surface area contributed by atoms with Gasteiger partial charge in [-0.05, 0) is 43.4 Å². The van der Waals surface area contributed by atoms with Crippen LogP contribution in [0.15, 0.2) is 23.1 Å². The molecule has 1 aliphatic heterocycles. The van der Waals surface area contributed by atoms with Crippen molar-refractivity contribution in [3.05, 3.63) is 23.2 Å². The van der Waals surface area contributed by atoms with E-state index in [0.29, 0.717) is 29.8 Å². The number of benzene rings is 1. The first-order chi connectivity index (χ1) is 10.5. The normalized spacial score (nSPS) is 22.9. The van der Waals surface area contributed by atoms with Crippen LogP contribution in [-0.2, 0) is 14.8 Å². The second-order valence-corrected chi connectivity index (χ2v) is 8.19. The van der Waals surface area contributed by atoms with E-state index in [1.165, 1.54) is 30.3 Å². The third-order valence-corrected chi connectivity index (χ3v) is 6.24. The second-order valence-electron chi connectivity index (χ2n) is 5.85. The minimum Gasteiger partial charge on any atom is -0.495 e. The number of methoxy groups -OCH3 is 1. The molecule has 0 spiro atoms. The van der Waals surface area contributed by atoms with Crippen molar-refractivity contribution >= 4 is 21.6 Å². The maximum absolute atomic E-state index is 12.8. The molecule has 0 aromatic heterocycles. The molecule has 3 rings (SSSR count). The zero-order valence-corrected chi connectivity index (χ0v) is 14.1. The minimum atomic E-state index is -3.62. The molecule has 0 amide bonds. The molecular weight excluding hydrogens is 326 g/mol. The van der Waals surface area contributed by atoms with Crippen LogP contribution in [0.1, 0.15) is 19.3 Å². The van der Waals surface area contributed by atoms with E-state index >= 15 is 0 Å². The molecule has 1 unspecified atom stereocenters. The first-order valence-electron chi connectivity index (χ1n) is 7.46. The van der Waals surface area contributed by atoms with E-state index in [1.54, 1.807) is 12.1 Å². The molecule has 1 saturated heterocycles. The van der Waals surface area contributed by atoms with Crippen molar-refractivity contribution in [3.63, 3.8) is 0 Å². The Balaban J connectivity index is 1.74. The Labute approximate surface area is 136 Å². The maximum atomic E-state index is 12.8. The lowest BCUT2D eigenvalue weighted by molar-refractivity contribution is 0.0561. The molecular formula is C15H20ClNO4S. The Kier molecular flexibility index (Phi) is 4.64. The first kappa shape index (κ1) is 16.1. The number of nitrogens with zero attached hydrogens (tertiary/aromatic N) is 1. The number of ether oxygens (including phenoxy) is 2. The molecule has 122 valence electrons. The lowest BCUT2D eigenvalue weighted by Gasteiger charge is -2.18. The van der Waals surface area contributed by atoms with E-state index in [4.69, 9.17) is 21.1 Å². The second kappa shape index (κ2) is 6.35. The lowest BCUT2D eigenvalue weighted by Crippen LogP contribution is -2.30. The number of halogens is 1. The van der Waals surface area contributed by atoms with Crippen LogP contribution in [0, 0.1) is 5.92 Å². The van der Waals surface area contributed by atoms with Crippen LogP contribution in [0.4, 0.5) is 0 Å². The van der Waals surface area contributed by atoms with Gasteiger partial charge in [0.1, 0.15) is 10.6 Å². The summed E-state index contributed by atoms with van der Waals surface area (Å²) in [7, 11) is -2.16. The predicted octanol–water partition coefficient (Wildman–Crippen LogP) is 2.54. The number of sulfonamides is 1. The molecule has 0 N–H and O–H groups in total. The quantitative estimate of drug-likeness (QED) is 0.795. The number of hydrogen-bond donors (Lipinski definition) is 0. The lowest BCUT2D eigenvalue weighted by atomic mass is 10.3. The van der Waals surface area contributed by atoms with E-state index in [1.807, 2.05) is 0 Å². The Morgan fingerprint density at radius 3 is 2.77 bits per heavy atom. The SMILES string of the molecule is COc1ccc(Cl)cc1S(=O)(=O)N1CCC(OCC2CC2)C1. The van der Waals surface area contributed by atoms with Gasteiger partial charge in [0.15, 0.2) is 0 Å². The van der Waals surface area contributed by atoms with Crippen molar-refractivity contribution in [3.8, 4) is 5.75 Å². The zero-order chi connectivity index (χ0) is 15.7. The summed E-state index contributed by atoms with van der Waals surface area (Å²) in [5.74, 6) is 0.991. The summed E-state index contributed by atoms with van der Waals surface area (Å²) in [5, 5.41) is 0.375. The highest BCUT2D eigenvalue weighted by atomic mass is 35.5. The molecule has 5 nitrogen and oxygen atoms in total. The zero-order valence-electron chi connectivity index (χ0n) is 12.5. The Morgan fingerprint density at radius 1 is 1.32 bits per heavy atom. The summed E-state index contributed by atoms with van der Waals surface area (Å²) >= 11 is 5.94. The van der Waals surface area contributed by atoms with Crippen molar-refractivity contribution < 1.29 is 17.9 Å². The van der Waals surface area contributed by atoms with Crippen LogP contribution in [0.25, 0.3) is 0 Å². The average Bonchev–Trinajstić information content (AvgIpc) is 3.20. The summed E-state index contributed by atoms with van der Waals surface area (Å²) in [6.45, 7) is 1.61. The summed E-state index contributed by atoms with van der Waals surface area (Å²) in [5.41, 5.74) is 0. The van der Waals surface area contributed by atoms with Crippen molar-refractivity contribution in [2.24, 2.45) is 5.92 Å². The molecule has 1 aromatic rings. The maximum Gasteiger partial charge on any atom is 0.246 e. The highest BCUT2D eigenvalue weighted by Crippen LogP contribution is 2.33. The van der Waals surface area contributed by atoms with Crippen LogP contribution in [-0.4, -0.2) is 45.6 Å². The average molecular weight is 346 g/mol. The fourth-order valence-electron chi connectivity index (χ4n) is 2.60. The Morgan fingerprint density at radius 2 is 2.09 bits per heavy atom. The third-order valence-electron chi connectivity index (χ3n) is 4.12. The van der Waals surface area contributed by atoms with Gasteiger partial charge >= 0.3 is 0 Å². The predicted molar refractivity (Wildman–Crippen MR) is 83.8 cm³/mol. The minimum absolute atomic E-state index is 0.0134. The highest BCUT2D eigenvalue weighted by molar-refractivity contribution is 7.89. The van der Waals surface area contributed by atoms with Crippen LogP contribution < -0.4 is 4.74 Å². The number of rotatable bonds is 6. The largest absolute Gasteiger partial charge is 0.495 e. The fraction of sp³-hybridized carbons (Fsp3) is 0.600. The fourth-order valence-corrected chi connectivity index (χ4v) is 4.50. The van der Waals surface area contributed by atoms with Crippen LogP contribution >= 0.6 is 11.6 Å². The van der Waals surface area contributed by atoms with Crippen LogP contribution in [0.2, 0.25) is 5.02 Å². The van der Waals surface area contributed by atoms with Gasteiger partial charge in [-0.15, -0.1) is 0 Å². The van der Waals surface area contributed by atoms with Gasteiger partial charge in [-0.1, -0.05) is 11.6 Å². The summed E-state index contributed by atoms with van der Waals surface area (Å²) in [6, 6.07) is 4.63. The van der Waals surface area contributed by atoms with Crippen molar-refractivity contribution in [2.75, 3.05) is 26.8 Å². The summed E-state index contributed by atoms with van der Waals surface area (Å²) < 4.78 is 38.0. The highest BCUT2D eigenvalue weighted by Gasteiger charge is 2.35. The molecule has 7 heteroatoms. The van der Waals surface area contributed by atoms with Gasteiger partial charge in [-0.2, -0.15) is 4.31 Å². The molecule has 1 atom stereocenters. The monoisotopic (exact) mass is 345 g/mol. The molecule has 1 heterocycles. The molecule has 1 saturated carbocycles. The van der Waals surface area contributed by atoms with Gasteiger partial charge in [0.25, 0.3) is 0 Å². The molecule has 2 fully saturated rings. The van der Waals surface area contributed by atoms with Gasteiger partial charge in [0, 0.05) is 24.7 Å². The van der Waals surface area contributed by atoms with Gasteiger partial charge in [-0.3, -0.25) is 0 Å². The van der Waals surface area contributed by atoms with E-state index in [9.17, 15) is 8.42 Å². The topological polar surface area (TPSA) is 55.8 Å². The van der Waals surface area contributed by atoms with E-state index < -0.39 is 10.0 Å². The molecule has 22 heavy (non-hydrogen) atoms. The van der Waals surface area contributed by atoms with E-state index in [2.05, 4.69) is 0 Å². The van der Waals surface area contributed by atoms with Gasteiger partial charge in [-0.25, -0.2) is 8.42 Å². The standard InChI is InChI=1S/C15H20ClNO4S/c1-20-14-5-4-12(16)8-15(14)22(18,19)17-7-6-13(9-17)21-10-11-2-3-11/h4-5,8,11,13H,2-3,6-7,9-10H2,1H3. The molecule has 0 radical (unpaired) electrons. The van der Waals surface area contributed by atoms with Gasteiger partial charge < -0.3 is 9.47 Å². The smallest absolute Gasteiger partial charge is 0.246 e. The van der Waals surface area contributed by atoms with Gasteiger partial charge in [0.05, 0.1) is 13.2 Å². The Hall–Kier alpha value is -0.820. The molecule has 2 aliphatic rings. The van der Waals surface area contributed by atoms with Crippen LogP contribution in [0.3, 0.4) is 0 Å². The van der Waals surface area contributed by atoms with Gasteiger partial charge in [0.2, 0.25) is 10.0 Å². The molecule has 1 aromatic carbocycles. The Bertz CT molecular complexity index is 645. The number of hydrogen-bond acceptors (Lipinski definition) is 4.